The Balaban J connectivity index is 1.55. The fourth-order valence-electron chi connectivity index (χ4n) is 5.33. The highest BCUT2D eigenvalue weighted by Gasteiger charge is 2.42. The molecule has 2 saturated carbocycles. The number of benzene rings is 1. The maximum atomic E-state index is 14.3. The highest BCUT2D eigenvalue weighted by atomic mass is 19.3. The minimum atomic E-state index is -4.46. The van der Waals surface area contributed by atoms with E-state index in [1.54, 1.807) is 0 Å². The van der Waals surface area contributed by atoms with Gasteiger partial charge in [0.05, 0.1) is 0 Å². The third kappa shape index (κ3) is 6.35. The molecule has 2 aliphatic rings. The van der Waals surface area contributed by atoms with Gasteiger partial charge in [0.1, 0.15) is 17.2 Å². The third-order valence-corrected chi connectivity index (χ3v) is 7.08. The minimum absolute atomic E-state index is 0.0899. The van der Waals surface area contributed by atoms with E-state index in [-0.39, 0.29) is 5.92 Å². The zero-order chi connectivity index (χ0) is 23.3. The zero-order valence-corrected chi connectivity index (χ0v) is 18.7. The maximum absolute atomic E-state index is 14.3. The summed E-state index contributed by atoms with van der Waals surface area (Å²) < 4.78 is 72.6. The van der Waals surface area contributed by atoms with Gasteiger partial charge in [-0.1, -0.05) is 31.9 Å². The first-order valence-corrected chi connectivity index (χ1v) is 11.8. The normalized spacial score (nSPS) is 26.9. The Morgan fingerprint density at radius 1 is 0.969 bits per heavy atom. The largest absolute Gasteiger partial charge is 0.434 e. The molecule has 0 amide bonds. The predicted octanol–water partition coefficient (Wildman–Crippen LogP) is 8.91. The number of allylic oxidation sites excluding steroid dienone is 2. The van der Waals surface area contributed by atoms with E-state index in [1.807, 2.05) is 0 Å². The predicted molar refractivity (Wildman–Crippen MR) is 116 cm³/mol. The van der Waals surface area contributed by atoms with Crippen LogP contribution in [0.25, 0.3) is 0 Å². The molecular formula is C26H33F5O. The fourth-order valence-corrected chi connectivity index (χ4v) is 5.33. The molecule has 2 fully saturated rings. The van der Waals surface area contributed by atoms with Crippen molar-refractivity contribution in [3.63, 3.8) is 0 Å². The Hall–Kier alpha value is -1.85. The van der Waals surface area contributed by atoms with Crippen molar-refractivity contribution in [1.29, 1.82) is 0 Å². The highest BCUT2D eigenvalue weighted by molar-refractivity contribution is 5.31. The van der Waals surface area contributed by atoms with Crippen molar-refractivity contribution >= 4 is 0 Å². The molecule has 32 heavy (non-hydrogen) atoms. The highest BCUT2D eigenvalue weighted by Crippen LogP contribution is 2.41. The van der Waals surface area contributed by atoms with E-state index in [1.165, 1.54) is 38.5 Å². The number of hydrogen-bond donors (Lipinski definition) is 0. The molecule has 1 aromatic carbocycles. The molecule has 6 heteroatoms. The summed E-state index contributed by atoms with van der Waals surface area (Å²) in [6.07, 6.45) is 11.2. The van der Waals surface area contributed by atoms with E-state index in [4.69, 9.17) is 0 Å². The van der Waals surface area contributed by atoms with Crippen molar-refractivity contribution < 1.29 is 26.7 Å². The molecule has 3 rings (SSSR count). The number of alkyl halides is 2. The molecule has 1 aromatic rings. The average Bonchev–Trinajstić information content (AvgIpc) is 2.72. The lowest BCUT2D eigenvalue weighted by molar-refractivity contribution is -0.238. The summed E-state index contributed by atoms with van der Waals surface area (Å²) in [4.78, 5) is 0. The summed E-state index contributed by atoms with van der Waals surface area (Å²) in [5, 5.41) is 0. The monoisotopic (exact) mass is 456 g/mol. The summed E-state index contributed by atoms with van der Waals surface area (Å²) in [5.74, 6) is -0.982. The van der Waals surface area contributed by atoms with Gasteiger partial charge in [0, 0.05) is 0 Å². The zero-order valence-electron chi connectivity index (χ0n) is 18.7. The Bertz CT molecular complexity index is 779. The molecular weight excluding hydrogens is 423 g/mol. The van der Waals surface area contributed by atoms with Gasteiger partial charge in [-0.3, -0.25) is 0 Å². The van der Waals surface area contributed by atoms with E-state index in [0.717, 1.165) is 43.7 Å². The number of rotatable bonds is 8. The Morgan fingerprint density at radius 2 is 1.47 bits per heavy atom. The Labute approximate surface area is 187 Å². The lowest BCUT2D eigenvalue weighted by Gasteiger charge is -2.29. The van der Waals surface area contributed by atoms with E-state index in [9.17, 15) is 22.0 Å². The van der Waals surface area contributed by atoms with Crippen LogP contribution in [0.2, 0.25) is 0 Å². The van der Waals surface area contributed by atoms with Crippen LogP contribution in [0.3, 0.4) is 0 Å². The second kappa shape index (κ2) is 10.8. The molecule has 0 saturated heterocycles. The summed E-state index contributed by atoms with van der Waals surface area (Å²) in [6, 6.07) is 0.0386. The van der Waals surface area contributed by atoms with Crippen molar-refractivity contribution in [1.82, 2.24) is 0 Å². The molecule has 0 bridgehead atoms. The van der Waals surface area contributed by atoms with Crippen molar-refractivity contribution in [3.05, 3.63) is 59.6 Å². The van der Waals surface area contributed by atoms with E-state index < -0.39 is 29.3 Å². The van der Waals surface area contributed by atoms with Gasteiger partial charge in [-0.2, -0.15) is 13.2 Å². The molecule has 0 spiro atoms. The first kappa shape index (κ1) is 24.8. The van der Waals surface area contributed by atoms with Gasteiger partial charge >= 0.3 is 6.11 Å². The van der Waals surface area contributed by atoms with Crippen molar-refractivity contribution in [3.8, 4) is 0 Å². The lowest BCUT2D eigenvalue weighted by atomic mass is 9.76. The molecule has 178 valence electrons. The van der Waals surface area contributed by atoms with Crippen LogP contribution in [-0.2, 0) is 10.8 Å². The van der Waals surface area contributed by atoms with E-state index in [0.29, 0.717) is 17.4 Å². The topological polar surface area (TPSA) is 9.23 Å². The van der Waals surface area contributed by atoms with Gasteiger partial charge in [0.15, 0.2) is 0 Å². The van der Waals surface area contributed by atoms with E-state index in [2.05, 4.69) is 30.4 Å². The summed E-state index contributed by atoms with van der Waals surface area (Å²) >= 11 is 0. The van der Waals surface area contributed by atoms with Gasteiger partial charge in [-0.15, -0.1) is 0 Å². The molecule has 0 heterocycles. The molecule has 0 atom stereocenters. The van der Waals surface area contributed by atoms with Crippen LogP contribution in [0.5, 0.6) is 0 Å². The summed E-state index contributed by atoms with van der Waals surface area (Å²) in [7, 11) is 0. The number of halogens is 5. The number of ether oxygens (including phenoxy) is 1. The molecule has 1 nitrogen and oxygen atoms in total. The molecule has 0 radical (unpaired) electrons. The van der Waals surface area contributed by atoms with Gasteiger partial charge in [-0.05, 0) is 99.3 Å². The van der Waals surface area contributed by atoms with Gasteiger partial charge < -0.3 is 4.74 Å². The van der Waals surface area contributed by atoms with Crippen LogP contribution in [0, 0.1) is 29.4 Å². The molecule has 0 unspecified atom stereocenters. The van der Waals surface area contributed by atoms with Crippen LogP contribution in [0.1, 0.15) is 88.2 Å². The van der Waals surface area contributed by atoms with Crippen LogP contribution in [-0.4, -0.2) is 0 Å². The Morgan fingerprint density at radius 3 is 1.94 bits per heavy atom. The first-order chi connectivity index (χ1) is 15.2. The second-order valence-electron chi connectivity index (χ2n) is 9.40. The maximum Gasteiger partial charge on any atom is 0.434 e. The van der Waals surface area contributed by atoms with Crippen LogP contribution >= 0.6 is 0 Å². The van der Waals surface area contributed by atoms with Crippen molar-refractivity contribution in [2.24, 2.45) is 17.8 Å². The SMILES string of the molecule is C=C(F)OC(F)(F)c1c(F)cc(C2CCC(/C=C/C3CCC(CCC)CC3)CC2)cc1F. The second-order valence-corrected chi connectivity index (χ2v) is 9.40. The van der Waals surface area contributed by atoms with Gasteiger partial charge in [0.2, 0.25) is 0 Å². The third-order valence-electron chi connectivity index (χ3n) is 7.08. The summed E-state index contributed by atoms with van der Waals surface area (Å²) in [5.41, 5.74) is -1.24. The minimum Gasteiger partial charge on any atom is -0.403 e. The molecule has 0 aromatic heterocycles. The van der Waals surface area contributed by atoms with Crippen LogP contribution < -0.4 is 0 Å². The van der Waals surface area contributed by atoms with Crippen molar-refractivity contribution in [2.75, 3.05) is 0 Å². The standard InChI is InChI=1S/C26H33F5O/c1-3-4-18-5-7-19(8-6-18)9-10-20-11-13-21(14-12-20)22-15-23(28)25(24(29)16-22)26(30,31)32-17(2)27/h9-10,15-16,18-21H,2-8,11-14H2,1H3/b10-9+. The van der Waals surface area contributed by atoms with Gasteiger partial charge in [0.25, 0.3) is 6.01 Å². The molecule has 0 aliphatic heterocycles. The van der Waals surface area contributed by atoms with E-state index >= 15 is 0 Å². The van der Waals surface area contributed by atoms with Crippen molar-refractivity contribution in [2.45, 2.75) is 83.2 Å². The quantitative estimate of drug-likeness (QED) is 0.216. The van der Waals surface area contributed by atoms with Gasteiger partial charge in [-0.25, -0.2) is 8.78 Å². The lowest BCUT2D eigenvalue weighted by Crippen LogP contribution is -2.21. The van der Waals surface area contributed by atoms with Crippen LogP contribution in [0.15, 0.2) is 36.9 Å². The average molecular weight is 457 g/mol. The molecule has 0 N–H and O–H groups in total. The fraction of sp³-hybridized carbons (Fsp3) is 0.615. The Kier molecular flexibility index (Phi) is 8.40. The number of hydrogen-bond acceptors (Lipinski definition) is 1. The molecule has 2 aliphatic carbocycles. The van der Waals surface area contributed by atoms with Crippen LogP contribution in [0.4, 0.5) is 22.0 Å². The smallest absolute Gasteiger partial charge is 0.403 e. The summed E-state index contributed by atoms with van der Waals surface area (Å²) in [6.45, 7) is 4.80. The first-order valence-electron chi connectivity index (χ1n) is 11.8.